The molecule has 1 aromatic heterocycles. The van der Waals surface area contributed by atoms with E-state index in [2.05, 4.69) is 10.3 Å². The van der Waals surface area contributed by atoms with E-state index in [1.54, 1.807) is 8.99 Å². The highest BCUT2D eigenvalue weighted by atomic mass is 32.2. The quantitative estimate of drug-likeness (QED) is 0.837. The lowest BCUT2D eigenvalue weighted by molar-refractivity contribution is 0.239. The smallest absolute Gasteiger partial charge is 0.211 e. The third kappa shape index (κ3) is 3.85. The minimum absolute atomic E-state index is 0.272. The van der Waals surface area contributed by atoms with Gasteiger partial charge in [-0.25, -0.2) is 12.7 Å². The van der Waals surface area contributed by atoms with E-state index in [0.717, 1.165) is 31.4 Å². The lowest BCUT2D eigenvalue weighted by atomic mass is 9.91. The zero-order valence-corrected chi connectivity index (χ0v) is 14.5. The van der Waals surface area contributed by atoms with E-state index in [4.69, 9.17) is 5.73 Å². The van der Waals surface area contributed by atoms with E-state index in [1.165, 1.54) is 6.26 Å². The zero-order chi connectivity index (χ0) is 16.4. The van der Waals surface area contributed by atoms with Crippen molar-refractivity contribution < 1.29 is 8.42 Å². The SMILES string of the molecule is CCC(N)(CC)c1cn(C[C@@H]2CCCN(S(C)(=O)=O)C2)nn1. The van der Waals surface area contributed by atoms with Gasteiger partial charge in [-0.05, 0) is 31.6 Å². The summed E-state index contributed by atoms with van der Waals surface area (Å²) in [6, 6.07) is 0. The van der Waals surface area contributed by atoms with Crippen molar-refractivity contribution in [3.05, 3.63) is 11.9 Å². The van der Waals surface area contributed by atoms with Gasteiger partial charge in [0.25, 0.3) is 0 Å². The van der Waals surface area contributed by atoms with Gasteiger partial charge in [0.1, 0.15) is 5.69 Å². The molecule has 1 atom stereocenters. The van der Waals surface area contributed by atoms with Crippen molar-refractivity contribution in [1.82, 2.24) is 19.3 Å². The molecule has 0 spiro atoms. The Balaban J connectivity index is 2.04. The fourth-order valence-corrected chi connectivity index (χ4v) is 3.91. The molecule has 2 rings (SSSR count). The lowest BCUT2D eigenvalue weighted by Crippen LogP contribution is -2.40. The Labute approximate surface area is 132 Å². The number of piperidine rings is 1. The summed E-state index contributed by atoms with van der Waals surface area (Å²) in [5.74, 6) is 0.272. The first kappa shape index (κ1) is 17.4. The van der Waals surface area contributed by atoms with Crippen LogP contribution in [0, 0.1) is 5.92 Å². The molecule has 0 bridgehead atoms. The minimum Gasteiger partial charge on any atom is -0.320 e. The Kier molecular flexibility index (Phi) is 5.24. The predicted octanol–water partition coefficient (Wildman–Crippen LogP) is 0.924. The third-order valence-electron chi connectivity index (χ3n) is 4.71. The lowest BCUT2D eigenvalue weighted by Gasteiger charge is -2.30. The largest absolute Gasteiger partial charge is 0.320 e. The molecule has 0 amide bonds. The number of hydrogen-bond donors (Lipinski definition) is 1. The summed E-state index contributed by atoms with van der Waals surface area (Å²) in [7, 11) is -3.11. The van der Waals surface area contributed by atoms with Gasteiger partial charge >= 0.3 is 0 Å². The summed E-state index contributed by atoms with van der Waals surface area (Å²) in [5.41, 5.74) is 6.73. The van der Waals surface area contributed by atoms with E-state index < -0.39 is 15.6 Å². The fourth-order valence-electron chi connectivity index (χ4n) is 2.97. The van der Waals surface area contributed by atoms with E-state index >= 15 is 0 Å². The number of sulfonamides is 1. The van der Waals surface area contributed by atoms with Crippen LogP contribution in [0.3, 0.4) is 0 Å². The van der Waals surface area contributed by atoms with Crippen LogP contribution in [-0.2, 0) is 22.1 Å². The van der Waals surface area contributed by atoms with Gasteiger partial charge in [-0.3, -0.25) is 4.68 Å². The summed E-state index contributed by atoms with van der Waals surface area (Å²) >= 11 is 0. The van der Waals surface area contributed by atoms with Crippen LogP contribution < -0.4 is 5.73 Å². The molecule has 22 heavy (non-hydrogen) atoms. The molecule has 1 aromatic rings. The second-order valence-electron chi connectivity index (χ2n) is 6.32. The van der Waals surface area contributed by atoms with Crippen molar-refractivity contribution >= 4 is 10.0 Å². The Hall–Kier alpha value is -0.990. The second kappa shape index (κ2) is 6.64. The Morgan fingerprint density at radius 2 is 2.09 bits per heavy atom. The molecular weight excluding hydrogens is 302 g/mol. The number of rotatable bonds is 6. The first-order chi connectivity index (χ1) is 10.3. The summed E-state index contributed by atoms with van der Waals surface area (Å²) in [5, 5.41) is 8.40. The van der Waals surface area contributed by atoms with Crippen molar-refractivity contribution in [3.8, 4) is 0 Å². The molecule has 126 valence electrons. The zero-order valence-electron chi connectivity index (χ0n) is 13.7. The standard InChI is InChI=1S/C14H27N5O2S/c1-4-14(15,5-2)13-11-18(17-16-13)9-12-7-6-8-19(10-12)22(3,20)21/h11-12H,4-10,15H2,1-3H3/t12-/m0/s1. The molecule has 1 aliphatic rings. The normalized spacial score (nSPS) is 21.2. The van der Waals surface area contributed by atoms with Crippen molar-refractivity contribution in [2.45, 2.75) is 51.6 Å². The summed E-state index contributed by atoms with van der Waals surface area (Å²) in [4.78, 5) is 0. The molecule has 1 fully saturated rings. The Morgan fingerprint density at radius 3 is 2.68 bits per heavy atom. The number of hydrogen-bond acceptors (Lipinski definition) is 5. The summed E-state index contributed by atoms with van der Waals surface area (Å²) < 4.78 is 26.7. The van der Waals surface area contributed by atoms with Crippen molar-refractivity contribution in [2.75, 3.05) is 19.3 Å². The fraction of sp³-hybridized carbons (Fsp3) is 0.857. The summed E-state index contributed by atoms with van der Waals surface area (Å²) in [6.45, 7) is 5.96. The highest BCUT2D eigenvalue weighted by Crippen LogP contribution is 2.24. The van der Waals surface area contributed by atoms with Crippen LogP contribution in [0.25, 0.3) is 0 Å². The van der Waals surface area contributed by atoms with Gasteiger partial charge < -0.3 is 5.73 Å². The van der Waals surface area contributed by atoms with E-state index in [9.17, 15) is 8.42 Å². The molecule has 0 aromatic carbocycles. The van der Waals surface area contributed by atoms with Crippen LogP contribution in [0.15, 0.2) is 6.20 Å². The maximum absolute atomic E-state index is 11.7. The predicted molar refractivity (Wildman–Crippen MR) is 85.6 cm³/mol. The average Bonchev–Trinajstić information content (AvgIpc) is 2.95. The van der Waals surface area contributed by atoms with Gasteiger partial charge in [0.2, 0.25) is 10.0 Å². The molecule has 8 heteroatoms. The van der Waals surface area contributed by atoms with Crippen molar-refractivity contribution in [1.29, 1.82) is 0 Å². The molecule has 2 heterocycles. The first-order valence-corrected chi connectivity index (χ1v) is 9.78. The highest BCUT2D eigenvalue weighted by molar-refractivity contribution is 7.88. The topological polar surface area (TPSA) is 94.1 Å². The van der Waals surface area contributed by atoms with Crippen molar-refractivity contribution in [3.63, 3.8) is 0 Å². The molecule has 0 saturated carbocycles. The maximum atomic E-state index is 11.7. The molecular formula is C14H27N5O2S. The van der Waals surface area contributed by atoms with Gasteiger partial charge in [-0.2, -0.15) is 0 Å². The molecule has 0 aliphatic carbocycles. The first-order valence-electron chi connectivity index (χ1n) is 7.93. The van der Waals surface area contributed by atoms with Gasteiger partial charge in [0.05, 0.1) is 18.0 Å². The van der Waals surface area contributed by atoms with Crippen LogP contribution in [0.5, 0.6) is 0 Å². The molecule has 0 radical (unpaired) electrons. The van der Waals surface area contributed by atoms with E-state index in [0.29, 0.717) is 19.6 Å². The van der Waals surface area contributed by atoms with Crippen LogP contribution >= 0.6 is 0 Å². The average molecular weight is 329 g/mol. The minimum atomic E-state index is -3.11. The molecule has 0 unspecified atom stereocenters. The molecule has 1 aliphatic heterocycles. The van der Waals surface area contributed by atoms with Gasteiger partial charge in [0, 0.05) is 19.6 Å². The maximum Gasteiger partial charge on any atom is 0.211 e. The van der Waals surface area contributed by atoms with Crippen LogP contribution in [-0.4, -0.2) is 47.1 Å². The second-order valence-corrected chi connectivity index (χ2v) is 8.30. The van der Waals surface area contributed by atoms with Crippen LogP contribution in [0.1, 0.15) is 45.2 Å². The van der Waals surface area contributed by atoms with E-state index in [1.807, 2.05) is 20.0 Å². The Morgan fingerprint density at radius 1 is 1.41 bits per heavy atom. The summed E-state index contributed by atoms with van der Waals surface area (Å²) in [6.07, 6.45) is 6.71. The third-order valence-corrected chi connectivity index (χ3v) is 5.98. The van der Waals surface area contributed by atoms with E-state index in [-0.39, 0.29) is 5.92 Å². The number of aromatic nitrogens is 3. The Bertz CT molecular complexity index is 594. The highest BCUT2D eigenvalue weighted by Gasteiger charge is 2.29. The number of nitrogens with two attached hydrogens (primary N) is 1. The molecule has 7 nitrogen and oxygen atoms in total. The van der Waals surface area contributed by atoms with Crippen LogP contribution in [0.4, 0.5) is 0 Å². The molecule has 1 saturated heterocycles. The number of nitrogens with zero attached hydrogens (tertiary/aromatic N) is 4. The van der Waals surface area contributed by atoms with Gasteiger partial charge in [-0.1, -0.05) is 19.1 Å². The molecule has 2 N–H and O–H groups in total. The van der Waals surface area contributed by atoms with Crippen LogP contribution in [0.2, 0.25) is 0 Å². The van der Waals surface area contributed by atoms with Gasteiger partial charge in [0.15, 0.2) is 0 Å². The van der Waals surface area contributed by atoms with Gasteiger partial charge in [-0.15, -0.1) is 5.10 Å². The monoisotopic (exact) mass is 329 g/mol. The van der Waals surface area contributed by atoms with Crippen molar-refractivity contribution in [2.24, 2.45) is 11.7 Å².